The Labute approximate surface area is 278 Å². The van der Waals surface area contributed by atoms with Gasteiger partial charge in [-0.2, -0.15) is 0 Å². The molecular formula is C34H38Cl2N6O4. The van der Waals surface area contributed by atoms with Crippen LogP contribution in [-0.2, 0) is 17.9 Å². The van der Waals surface area contributed by atoms with Gasteiger partial charge in [0.1, 0.15) is 5.75 Å². The summed E-state index contributed by atoms with van der Waals surface area (Å²) in [5.74, 6) is 1.25. The molecule has 242 valence electrons. The highest BCUT2D eigenvalue weighted by atomic mass is 35.5. The van der Waals surface area contributed by atoms with Crippen molar-refractivity contribution in [1.29, 1.82) is 0 Å². The lowest BCUT2D eigenvalue weighted by atomic mass is 10.0. The second-order valence-electron chi connectivity index (χ2n) is 11.1. The van der Waals surface area contributed by atoms with E-state index < -0.39 is 6.10 Å². The Morgan fingerprint density at radius 3 is 2.48 bits per heavy atom. The molecule has 0 bridgehead atoms. The number of pyridine rings is 2. The number of hydrogen-bond donors (Lipinski definition) is 5. The first kappa shape index (κ1) is 33.4. The van der Waals surface area contributed by atoms with Gasteiger partial charge in [-0.3, -0.25) is 9.78 Å². The number of hydrogen-bond acceptors (Lipinski definition) is 9. The molecule has 1 aliphatic heterocycles. The predicted molar refractivity (Wildman–Crippen MR) is 182 cm³/mol. The topological polar surface area (TPSA) is 130 Å². The molecule has 5 N–H and O–H groups in total. The summed E-state index contributed by atoms with van der Waals surface area (Å²) < 4.78 is 11.4. The van der Waals surface area contributed by atoms with E-state index in [0.717, 1.165) is 23.2 Å². The number of nitrogens with zero attached hydrogens (tertiary/aromatic N) is 2. The molecule has 2 atom stereocenters. The standard InChI is InChI=1S/C34H38Cl2N6O4/c1-20(43)16-37-17-21-6-4-9-28(33(21)45-2)41-27-8-5-7-25(30(27)35)32-31(36)24(14-15-39-32)26-12-10-22(34(42-26)46-3)18-38-19-23-11-13-29(44)40-23/h4-10,12,14-15,20,23,37-38,41,43H,11,13,16-19H2,1-3H3,(H,40,44)/t20-,23-/m0/s1. The summed E-state index contributed by atoms with van der Waals surface area (Å²) in [6.07, 6.45) is 2.63. The number of carbonyl (C=O) groups is 1. The normalized spacial score (nSPS) is 15.0. The highest BCUT2D eigenvalue weighted by molar-refractivity contribution is 6.39. The Kier molecular flexibility index (Phi) is 11.3. The van der Waals surface area contributed by atoms with Crippen molar-refractivity contribution in [3.63, 3.8) is 0 Å². The number of amides is 1. The molecule has 1 saturated heterocycles. The van der Waals surface area contributed by atoms with Gasteiger partial charge in [0.2, 0.25) is 11.8 Å². The second kappa shape index (κ2) is 15.6. The third-order valence-electron chi connectivity index (χ3n) is 7.67. The van der Waals surface area contributed by atoms with Crippen molar-refractivity contribution < 1.29 is 19.4 Å². The third-order valence-corrected chi connectivity index (χ3v) is 8.46. The largest absolute Gasteiger partial charge is 0.494 e. The minimum absolute atomic E-state index is 0.0945. The summed E-state index contributed by atoms with van der Waals surface area (Å²) in [7, 11) is 3.20. The van der Waals surface area contributed by atoms with Gasteiger partial charge in [0, 0.05) is 67.1 Å². The van der Waals surface area contributed by atoms with Crippen LogP contribution in [0, 0.1) is 0 Å². The number of anilines is 2. The molecule has 1 amide bonds. The van der Waals surface area contributed by atoms with E-state index in [9.17, 15) is 9.90 Å². The quantitative estimate of drug-likeness (QED) is 0.115. The molecule has 0 spiro atoms. The molecule has 3 heterocycles. The number of ether oxygens (including phenoxy) is 2. The summed E-state index contributed by atoms with van der Waals surface area (Å²) in [6.45, 7) is 3.94. The molecule has 0 radical (unpaired) electrons. The monoisotopic (exact) mass is 664 g/mol. The lowest BCUT2D eigenvalue weighted by Gasteiger charge is -2.18. The van der Waals surface area contributed by atoms with E-state index in [1.165, 1.54) is 0 Å². The van der Waals surface area contributed by atoms with E-state index >= 15 is 0 Å². The molecule has 1 fully saturated rings. The van der Waals surface area contributed by atoms with Crippen LogP contribution in [0.15, 0.2) is 60.8 Å². The highest BCUT2D eigenvalue weighted by Crippen LogP contribution is 2.42. The first-order chi connectivity index (χ1) is 22.3. The van der Waals surface area contributed by atoms with E-state index in [4.69, 9.17) is 37.7 Å². The zero-order valence-corrected chi connectivity index (χ0v) is 27.5. The second-order valence-corrected chi connectivity index (χ2v) is 11.8. The summed E-state index contributed by atoms with van der Waals surface area (Å²) in [4.78, 5) is 20.8. The van der Waals surface area contributed by atoms with Crippen molar-refractivity contribution in [2.45, 2.75) is 45.0 Å². The predicted octanol–water partition coefficient (Wildman–Crippen LogP) is 5.72. The number of aliphatic hydroxyl groups excluding tert-OH is 1. The fraction of sp³-hybridized carbons (Fsp3) is 0.324. The summed E-state index contributed by atoms with van der Waals surface area (Å²) >= 11 is 14.0. The van der Waals surface area contributed by atoms with Crippen molar-refractivity contribution >= 4 is 40.5 Å². The number of rotatable bonds is 14. The number of halogens is 2. The molecular weight excluding hydrogens is 627 g/mol. The molecule has 5 rings (SSSR count). The van der Waals surface area contributed by atoms with Gasteiger partial charge in [0.25, 0.3) is 0 Å². The highest BCUT2D eigenvalue weighted by Gasteiger charge is 2.21. The molecule has 0 aliphatic carbocycles. The van der Waals surface area contributed by atoms with Gasteiger partial charge in [-0.15, -0.1) is 0 Å². The van der Waals surface area contributed by atoms with E-state index in [2.05, 4.69) is 26.3 Å². The number of methoxy groups -OCH3 is 2. The van der Waals surface area contributed by atoms with E-state index in [0.29, 0.717) is 82.5 Å². The minimum atomic E-state index is -0.453. The lowest BCUT2D eigenvalue weighted by Crippen LogP contribution is -2.35. The van der Waals surface area contributed by atoms with Crippen LogP contribution in [0.25, 0.3) is 22.5 Å². The van der Waals surface area contributed by atoms with Crippen molar-refractivity contribution in [2.75, 3.05) is 32.6 Å². The molecule has 0 saturated carbocycles. The van der Waals surface area contributed by atoms with Crippen LogP contribution in [-0.4, -0.2) is 60.4 Å². The van der Waals surface area contributed by atoms with E-state index in [1.54, 1.807) is 27.3 Å². The number of aromatic nitrogens is 2. The SMILES string of the molecule is COc1nc(-c2ccnc(-c3cccc(Nc4cccc(CNC[C@H](C)O)c4OC)c3Cl)c2Cl)ccc1CNC[C@@H]1CCC(=O)N1. The lowest BCUT2D eigenvalue weighted by molar-refractivity contribution is -0.119. The first-order valence-corrected chi connectivity index (χ1v) is 15.8. The maximum atomic E-state index is 11.5. The molecule has 2 aromatic carbocycles. The van der Waals surface area contributed by atoms with Gasteiger partial charge in [0.05, 0.1) is 53.1 Å². The molecule has 46 heavy (non-hydrogen) atoms. The Balaban J connectivity index is 1.37. The zero-order valence-electron chi connectivity index (χ0n) is 26.0. The minimum Gasteiger partial charge on any atom is -0.494 e. The van der Waals surface area contributed by atoms with Crippen LogP contribution in [0.3, 0.4) is 0 Å². The third kappa shape index (κ3) is 7.89. The first-order valence-electron chi connectivity index (χ1n) is 15.1. The molecule has 4 aromatic rings. The number of aliphatic hydroxyl groups is 1. The maximum absolute atomic E-state index is 11.5. The van der Waals surface area contributed by atoms with Crippen LogP contribution in [0.1, 0.15) is 30.9 Å². The fourth-order valence-electron chi connectivity index (χ4n) is 5.41. The van der Waals surface area contributed by atoms with Crippen molar-refractivity contribution in [3.8, 4) is 34.1 Å². The van der Waals surface area contributed by atoms with Gasteiger partial charge in [0.15, 0.2) is 0 Å². The molecule has 12 heteroatoms. The number of benzene rings is 2. The Morgan fingerprint density at radius 2 is 1.74 bits per heavy atom. The van der Waals surface area contributed by atoms with Gasteiger partial charge >= 0.3 is 0 Å². The molecule has 0 unspecified atom stereocenters. The van der Waals surface area contributed by atoms with Crippen LogP contribution in [0.2, 0.25) is 10.0 Å². The number of carbonyl (C=O) groups excluding carboxylic acids is 1. The van der Waals surface area contributed by atoms with Crippen LogP contribution < -0.4 is 30.7 Å². The molecule has 1 aliphatic rings. The zero-order chi connectivity index (χ0) is 32.6. The Hall–Kier alpha value is -3.93. The van der Waals surface area contributed by atoms with Crippen molar-refractivity contribution in [1.82, 2.24) is 25.9 Å². The van der Waals surface area contributed by atoms with Gasteiger partial charge < -0.3 is 35.8 Å². The average molecular weight is 666 g/mol. The van der Waals surface area contributed by atoms with Crippen molar-refractivity contribution in [3.05, 3.63) is 82.0 Å². The number of nitrogens with one attached hydrogen (secondary N) is 4. The van der Waals surface area contributed by atoms with Crippen LogP contribution in [0.5, 0.6) is 11.6 Å². The average Bonchev–Trinajstić information content (AvgIpc) is 3.47. The van der Waals surface area contributed by atoms with E-state index in [1.807, 2.05) is 54.6 Å². The number of para-hydroxylation sites is 1. The Bertz CT molecular complexity index is 1690. The van der Waals surface area contributed by atoms with Gasteiger partial charge in [-0.25, -0.2) is 4.98 Å². The summed E-state index contributed by atoms with van der Waals surface area (Å²) in [5.41, 5.74) is 5.71. The Morgan fingerprint density at radius 1 is 0.957 bits per heavy atom. The summed E-state index contributed by atoms with van der Waals surface area (Å²) in [6, 6.07) is 17.2. The van der Waals surface area contributed by atoms with Crippen molar-refractivity contribution in [2.24, 2.45) is 0 Å². The molecule has 10 nitrogen and oxygen atoms in total. The smallest absolute Gasteiger partial charge is 0.220 e. The maximum Gasteiger partial charge on any atom is 0.220 e. The van der Waals surface area contributed by atoms with Gasteiger partial charge in [-0.1, -0.05) is 53.5 Å². The molecule has 2 aromatic heterocycles. The van der Waals surface area contributed by atoms with Gasteiger partial charge in [-0.05, 0) is 37.6 Å². The fourth-order valence-corrected chi connectivity index (χ4v) is 5.98. The van der Waals surface area contributed by atoms with E-state index in [-0.39, 0.29) is 11.9 Å². The van der Waals surface area contributed by atoms with Crippen LogP contribution in [0.4, 0.5) is 11.4 Å². The van der Waals surface area contributed by atoms with Crippen LogP contribution >= 0.6 is 23.2 Å². The summed E-state index contributed by atoms with van der Waals surface area (Å²) in [5, 5.41) is 23.4.